The Morgan fingerprint density at radius 3 is 2.51 bits per heavy atom. The summed E-state index contributed by atoms with van der Waals surface area (Å²) < 4.78 is 23.3. The first kappa shape index (κ1) is 34.4. The molecule has 232 valence electrons. The predicted octanol–water partition coefficient (Wildman–Crippen LogP) is 6.05. The number of hydrogen-bond acceptors (Lipinski definition) is 6. The van der Waals surface area contributed by atoms with Crippen LogP contribution in [0.3, 0.4) is 0 Å². The maximum Gasteiger partial charge on any atom is 0.326 e. The van der Waals surface area contributed by atoms with Gasteiger partial charge in [0.05, 0.1) is 5.75 Å². The van der Waals surface area contributed by atoms with Gasteiger partial charge in [0.2, 0.25) is 0 Å². The molecule has 7 nitrogen and oxygen atoms in total. The Morgan fingerprint density at radius 2 is 1.88 bits per heavy atom. The lowest BCUT2D eigenvalue weighted by Gasteiger charge is -2.31. The highest BCUT2D eigenvalue weighted by Gasteiger charge is 2.33. The highest BCUT2D eigenvalue weighted by atomic mass is 32.2. The number of carboxylic acid groups (broad SMARTS) is 1. The molecule has 1 fully saturated rings. The summed E-state index contributed by atoms with van der Waals surface area (Å²) >= 11 is 1.85. The third kappa shape index (κ3) is 9.95. The standard InChI is InChI=1S/C34H44N2O5S2/c1-6-8-12-25(7-2)20-27-15-16-28(23-42-4)36(27)22-26-14-17-30(31(21-26)29-13-10-9-11-24(29)3)33(37)35-32(34(38)39)18-19-43(5,40)41/h6-14,17,21,27-28,32H,1,15-16,18-20,22-23H2,2-5H3,(H,35,37)(H,38,39)/b12-8-,25-7+. The van der Waals surface area contributed by atoms with E-state index in [9.17, 15) is 23.1 Å². The maximum absolute atomic E-state index is 13.5. The number of thioether (sulfide) groups is 1. The molecule has 1 amide bonds. The van der Waals surface area contributed by atoms with Crippen molar-refractivity contribution in [3.63, 3.8) is 0 Å². The Labute approximate surface area is 261 Å². The summed E-state index contributed by atoms with van der Waals surface area (Å²) in [5.41, 5.74) is 5.31. The van der Waals surface area contributed by atoms with Gasteiger partial charge in [0.15, 0.2) is 0 Å². The number of sulfone groups is 1. The first-order valence-electron chi connectivity index (χ1n) is 14.6. The van der Waals surface area contributed by atoms with Crippen LogP contribution in [-0.4, -0.2) is 72.4 Å². The molecule has 0 aliphatic carbocycles. The molecule has 43 heavy (non-hydrogen) atoms. The SMILES string of the molecule is C=C/C=C\C(=C/C)CC1CCC(CSC)N1Cc1ccc(C(=O)NC(CCS(C)(=O)=O)C(=O)O)c(-c2ccccc2C)c1. The Balaban J connectivity index is 1.97. The number of likely N-dealkylation sites (tertiary alicyclic amines) is 1. The molecular weight excluding hydrogens is 581 g/mol. The molecule has 3 rings (SSSR count). The van der Waals surface area contributed by atoms with Gasteiger partial charge in [0.1, 0.15) is 15.9 Å². The van der Waals surface area contributed by atoms with Gasteiger partial charge in [-0.1, -0.05) is 66.8 Å². The molecule has 2 aromatic rings. The van der Waals surface area contributed by atoms with E-state index in [1.54, 1.807) is 12.1 Å². The van der Waals surface area contributed by atoms with E-state index in [0.29, 0.717) is 17.6 Å². The quantitative estimate of drug-likeness (QED) is 0.232. The summed E-state index contributed by atoms with van der Waals surface area (Å²) in [7, 11) is -3.39. The fourth-order valence-corrected chi connectivity index (χ4v) is 7.04. The van der Waals surface area contributed by atoms with Crippen LogP contribution in [0, 0.1) is 6.92 Å². The zero-order chi connectivity index (χ0) is 31.6. The number of carboxylic acids is 1. The molecule has 1 heterocycles. The number of carbonyl (C=O) groups excluding carboxylic acids is 1. The second-order valence-corrected chi connectivity index (χ2v) is 14.3. The van der Waals surface area contributed by atoms with Crippen molar-refractivity contribution in [1.82, 2.24) is 10.2 Å². The van der Waals surface area contributed by atoms with Gasteiger partial charge in [0, 0.05) is 36.2 Å². The first-order chi connectivity index (χ1) is 20.5. The molecule has 1 saturated heterocycles. The number of nitrogens with zero attached hydrogens (tertiary/aromatic N) is 1. The highest BCUT2D eigenvalue weighted by Crippen LogP contribution is 2.34. The summed E-state index contributed by atoms with van der Waals surface area (Å²) in [6.45, 7) is 8.57. The summed E-state index contributed by atoms with van der Waals surface area (Å²) in [5, 5.41) is 12.3. The van der Waals surface area contributed by atoms with Crippen molar-refractivity contribution >= 4 is 33.5 Å². The van der Waals surface area contributed by atoms with Crippen LogP contribution in [-0.2, 0) is 21.2 Å². The maximum atomic E-state index is 13.5. The lowest BCUT2D eigenvalue weighted by molar-refractivity contribution is -0.139. The van der Waals surface area contributed by atoms with Crippen molar-refractivity contribution in [2.75, 3.05) is 24.0 Å². The molecule has 1 aliphatic rings. The van der Waals surface area contributed by atoms with E-state index in [0.717, 1.165) is 60.1 Å². The minimum absolute atomic E-state index is 0.207. The number of benzene rings is 2. The molecule has 0 saturated carbocycles. The molecule has 0 aromatic heterocycles. The molecule has 3 atom stereocenters. The predicted molar refractivity (Wildman–Crippen MR) is 178 cm³/mol. The summed E-state index contributed by atoms with van der Waals surface area (Å²) in [4.78, 5) is 28.0. The number of amides is 1. The molecule has 0 radical (unpaired) electrons. The van der Waals surface area contributed by atoms with Crippen LogP contribution in [0.1, 0.15) is 54.1 Å². The smallest absolute Gasteiger partial charge is 0.326 e. The minimum atomic E-state index is -3.39. The van der Waals surface area contributed by atoms with E-state index < -0.39 is 27.8 Å². The van der Waals surface area contributed by atoms with Crippen LogP contribution in [0.15, 0.2) is 78.9 Å². The van der Waals surface area contributed by atoms with Gasteiger partial charge in [-0.15, -0.1) is 0 Å². The monoisotopic (exact) mass is 624 g/mol. The summed E-state index contributed by atoms with van der Waals surface area (Å²) in [6, 6.07) is 13.1. The Bertz CT molecular complexity index is 1460. The fourth-order valence-electron chi connectivity index (χ4n) is 5.63. The number of carbonyl (C=O) groups is 2. The van der Waals surface area contributed by atoms with Gasteiger partial charge in [-0.05, 0) is 80.2 Å². The van der Waals surface area contributed by atoms with Crippen molar-refractivity contribution in [3.05, 3.63) is 95.6 Å². The van der Waals surface area contributed by atoms with Crippen LogP contribution in [0.5, 0.6) is 0 Å². The van der Waals surface area contributed by atoms with Crippen molar-refractivity contribution in [2.45, 2.75) is 64.2 Å². The Morgan fingerprint density at radius 1 is 1.16 bits per heavy atom. The number of aryl methyl sites for hydroxylation is 1. The summed E-state index contributed by atoms with van der Waals surface area (Å²) in [6.07, 6.45) is 14.2. The topological polar surface area (TPSA) is 104 Å². The van der Waals surface area contributed by atoms with Crippen LogP contribution in [0.2, 0.25) is 0 Å². The zero-order valence-corrected chi connectivity index (χ0v) is 27.2. The summed E-state index contributed by atoms with van der Waals surface area (Å²) in [5.74, 6) is -1.11. The fraction of sp³-hybridized carbons (Fsp3) is 0.412. The Kier molecular flexibility index (Phi) is 12.8. The molecule has 0 bridgehead atoms. The van der Waals surface area contributed by atoms with Crippen LogP contribution >= 0.6 is 11.8 Å². The van der Waals surface area contributed by atoms with Gasteiger partial charge in [-0.2, -0.15) is 11.8 Å². The van der Waals surface area contributed by atoms with Crippen LogP contribution < -0.4 is 5.32 Å². The molecule has 2 aromatic carbocycles. The van der Waals surface area contributed by atoms with E-state index in [1.807, 2.05) is 61.2 Å². The third-order valence-electron chi connectivity index (χ3n) is 7.93. The lowest BCUT2D eigenvalue weighted by atomic mass is 9.93. The molecule has 2 N–H and O–H groups in total. The van der Waals surface area contributed by atoms with Crippen LogP contribution in [0.25, 0.3) is 11.1 Å². The average molecular weight is 625 g/mol. The van der Waals surface area contributed by atoms with Crippen molar-refractivity contribution < 1.29 is 23.1 Å². The molecule has 9 heteroatoms. The average Bonchev–Trinajstić information content (AvgIpc) is 3.33. The van der Waals surface area contributed by atoms with E-state index in [1.165, 1.54) is 5.57 Å². The van der Waals surface area contributed by atoms with Gasteiger partial charge < -0.3 is 10.4 Å². The van der Waals surface area contributed by atoms with Gasteiger partial charge in [-0.3, -0.25) is 9.69 Å². The third-order valence-corrected chi connectivity index (χ3v) is 9.62. The number of aliphatic carboxylic acids is 1. The number of hydrogen-bond donors (Lipinski definition) is 2. The number of nitrogens with one attached hydrogen (secondary N) is 1. The van der Waals surface area contributed by atoms with E-state index in [2.05, 4.69) is 42.1 Å². The minimum Gasteiger partial charge on any atom is -0.480 e. The van der Waals surface area contributed by atoms with Crippen molar-refractivity contribution in [3.8, 4) is 11.1 Å². The van der Waals surface area contributed by atoms with E-state index in [-0.39, 0.29) is 12.2 Å². The highest BCUT2D eigenvalue weighted by molar-refractivity contribution is 7.98. The number of allylic oxidation sites excluding steroid dienone is 4. The van der Waals surface area contributed by atoms with Gasteiger partial charge >= 0.3 is 5.97 Å². The van der Waals surface area contributed by atoms with E-state index in [4.69, 9.17) is 0 Å². The molecule has 0 spiro atoms. The Hall–Kier alpha value is -3.14. The van der Waals surface area contributed by atoms with Crippen molar-refractivity contribution in [2.24, 2.45) is 0 Å². The molecule has 1 aliphatic heterocycles. The van der Waals surface area contributed by atoms with Gasteiger partial charge in [-0.25, -0.2) is 13.2 Å². The first-order valence-corrected chi connectivity index (χ1v) is 18.0. The van der Waals surface area contributed by atoms with Crippen LogP contribution in [0.4, 0.5) is 0 Å². The second kappa shape index (κ2) is 16.1. The second-order valence-electron chi connectivity index (χ2n) is 11.2. The molecular formula is C34H44N2O5S2. The van der Waals surface area contributed by atoms with E-state index >= 15 is 0 Å². The van der Waals surface area contributed by atoms with Crippen molar-refractivity contribution in [1.29, 1.82) is 0 Å². The number of rotatable bonds is 15. The zero-order valence-electron chi connectivity index (χ0n) is 25.6. The molecule has 3 unspecified atom stereocenters. The normalized spacial score (nSPS) is 18.6. The largest absolute Gasteiger partial charge is 0.480 e. The van der Waals surface area contributed by atoms with Gasteiger partial charge in [0.25, 0.3) is 5.91 Å². The lowest BCUT2D eigenvalue weighted by Crippen LogP contribution is -2.42.